The maximum Gasteiger partial charge on any atom is 0.262 e. The van der Waals surface area contributed by atoms with E-state index >= 15 is 0 Å². The average molecular weight is 389 g/mol. The monoisotopic (exact) mass is 388 g/mol. The van der Waals surface area contributed by atoms with Gasteiger partial charge >= 0.3 is 0 Å². The molecule has 2 aromatic rings. The molecule has 1 saturated heterocycles. The fraction of sp³-hybridized carbons (Fsp3) is 0.300. The Balaban J connectivity index is 1.56. The van der Waals surface area contributed by atoms with Gasteiger partial charge in [-0.05, 0) is 43.2 Å². The highest BCUT2D eigenvalue weighted by Gasteiger charge is 2.18. The quantitative estimate of drug-likeness (QED) is 0.763. The molecular formula is C20H21ClN2O4. The predicted molar refractivity (Wildman–Crippen MR) is 103 cm³/mol. The second-order valence-electron chi connectivity index (χ2n) is 6.18. The van der Waals surface area contributed by atoms with Crippen LogP contribution in [0.15, 0.2) is 48.5 Å². The van der Waals surface area contributed by atoms with Crippen LogP contribution in [0.4, 0.5) is 5.69 Å². The summed E-state index contributed by atoms with van der Waals surface area (Å²) in [6.45, 7) is 1.00. The van der Waals surface area contributed by atoms with E-state index < -0.39 is 0 Å². The van der Waals surface area contributed by atoms with Gasteiger partial charge in [-0.2, -0.15) is 0 Å². The van der Waals surface area contributed by atoms with Crippen molar-refractivity contribution in [2.75, 3.05) is 25.1 Å². The first-order chi connectivity index (χ1) is 13.1. The van der Waals surface area contributed by atoms with Gasteiger partial charge in [0.15, 0.2) is 6.61 Å². The van der Waals surface area contributed by atoms with Crippen molar-refractivity contribution in [1.82, 2.24) is 5.32 Å². The molecule has 0 aliphatic carbocycles. The van der Waals surface area contributed by atoms with E-state index in [2.05, 4.69) is 10.6 Å². The van der Waals surface area contributed by atoms with Gasteiger partial charge in [-0.1, -0.05) is 29.8 Å². The maximum absolute atomic E-state index is 12.5. The molecule has 1 aliphatic heterocycles. The maximum atomic E-state index is 12.5. The number of nitrogens with one attached hydrogen (secondary N) is 2. The molecule has 1 aliphatic rings. The third-order valence-corrected chi connectivity index (χ3v) is 4.36. The molecule has 1 fully saturated rings. The second kappa shape index (κ2) is 9.39. The van der Waals surface area contributed by atoms with Crippen molar-refractivity contribution in [2.45, 2.75) is 18.9 Å². The topological polar surface area (TPSA) is 76.7 Å². The van der Waals surface area contributed by atoms with E-state index in [-0.39, 0.29) is 24.5 Å². The number of hydrogen-bond donors (Lipinski definition) is 2. The van der Waals surface area contributed by atoms with Gasteiger partial charge in [0.1, 0.15) is 5.75 Å². The van der Waals surface area contributed by atoms with Crippen LogP contribution in [0.2, 0.25) is 5.02 Å². The van der Waals surface area contributed by atoms with Crippen molar-refractivity contribution >= 4 is 29.1 Å². The molecule has 0 radical (unpaired) electrons. The van der Waals surface area contributed by atoms with Gasteiger partial charge in [0.05, 0.1) is 17.4 Å². The molecule has 2 amide bonds. The number of para-hydroxylation sites is 1. The highest BCUT2D eigenvalue weighted by molar-refractivity contribution is 6.30. The van der Waals surface area contributed by atoms with Crippen LogP contribution in [0, 0.1) is 0 Å². The van der Waals surface area contributed by atoms with Crippen LogP contribution in [0.3, 0.4) is 0 Å². The Hall–Kier alpha value is -2.57. The van der Waals surface area contributed by atoms with Gasteiger partial charge in [0.2, 0.25) is 0 Å². The standard InChI is InChI=1S/C20H21ClN2O4/c21-14-5-3-6-15(11-14)27-13-19(24)23-18-9-2-1-8-17(18)20(25)22-12-16-7-4-10-26-16/h1-3,5-6,8-9,11,16H,4,7,10,12-13H2,(H,22,25)(H,23,24)/t16-/m0/s1. The van der Waals surface area contributed by atoms with Crippen molar-refractivity contribution in [1.29, 1.82) is 0 Å². The van der Waals surface area contributed by atoms with Crippen LogP contribution in [0.1, 0.15) is 23.2 Å². The summed E-state index contributed by atoms with van der Waals surface area (Å²) < 4.78 is 10.9. The predicted octanol–water partition coefficient (Wildman–Crippen LogP) is 3.27. The largest absolute Gasteiger partial charge is 0.484 e. The highest BCUT2D eigenvalue weighted by Crippen LogP contribution is 2.18. The first kappa shape index (κ1) is 19.2. The molecule has 0 saturated carbocycles. The van der Waals surface area contributed by atoms with Gasteiger partial charge in [0, 0.05) is 18.2 Å². The van der Waals surface area contributed by atoms with E-state index in [1.54, 1.807) is 48.5 Å². The molecule has 2 aromatic carbocycles. The third-order valence-electron chi connectivity index (χ3n) is 4.13. The van der Waals surface area contributed by atoms with Crippen LogP contribution in [0.25, 0.3) is 0 Å². The van der Waals surface area contributed by atoms with Crippen molar-refractivity contribution in [3.8, 4) is 5.75 Å². The molecule has 0 spiro atoms. The summed E-state index contributed by atoms with van der Waals surface area (Å²) in [5.74, 6) is -0.119. The molecular weight excluding hydrogens is 368 g/mol. The lowest BCUT2D eigenvalue weighted by molar-refractivity contribution is -0.118. The van der Waals surface area contributed by atoms with Crippen LogP contribution < -0.4 is 15.4 Å². The number of rotatable bonds is 7. The van der Waals surface area contributed by atoms with E-state index in [0.29, 0.717) is 28.6 Å². The van der Waals surface area contributed by atoms with Crippen molar-refractivity contribution in [3.63, 3.8) is 0 Å². The second-order valence-corrected chi connectivity index (χ2v) is 6.62. The number of carbonyl (C=O) groups excluding carboxylic acids is 2. The number of halogens is 1. The summed E-state index contributed by atoms with van der Waals surface area (Å²) in [6, 6.07) is 13.6. The van der Waals surface area contributed by atoms with Crippen LogP contribution in [0.5, 0.6) is 5.75 Å². The average Bonchev–Trinajstić information content (AvgIpc) is 3.19. The minimum atomic E-state index is -0.366. The molecule has 1 atom stereocenters. The number of benzene rings is 2. The molecule has 142 valence electrons. The summed E-state index contributed by atoms with van der Waals surface area (Å²) in [4.78, 5) is 24.6. The highest BCUT2D eigenvalue weighted by atomic mass is 35.5. The number of amides is 2. The van der Waals surface area contributed by atoms with E-state index in [0.717, 1.165) is 19.4 Å². The molecule has 3 rings (SSSR count). The van der Waals surface area contributed by atoms with Crippen molar-refractivity contribution in [3.05, 3.63) is 59.1 Å². The number of carbonyl (C=O) groups is 2. The van der Waals surface area contributed by atoms with Crippen molar-refractivity contribution in [2.24, 2.45) is 0 Å². The van der Waals surface area contributed by atoms with Gasteiger partial charge < -0.3 is 20.1 Å². The summed E-state index contributed by atoms with van der Waals surface area (Å²) >= 11 is 5.89. The van der Waals surface area contributed by atoms with Crippen LogP contribution >= 0.6 is 11.6 Å². The lowest BCUT2D eigenvalue weighted by Crippen LogP contribution is -2.32. The summed E-state index contributed by atoms with van der Waals surface area (Å²) in [5.41, 5.74) is 0.827. The lowest BCUT2D eigenvalue weighted by Gasteiger charge is -2.14. The molecule has 27 heavy (non-hydrogen) atoms. The Morgan fingerprint density at radius 3 is 2.81 bits per heavy atom. The minimum Gasteiger partial charge on any atom is -0.484 e. The number of anilines is 1. The fourth-order valence-electron chi connectivity index (χ4n) is 2.79. The molecule has 0 unspecified atom stereocenters. The van der Waals surface area contributed by atoms with Crippen LogP contribution in [-0.2, 0) is 9.53 Å². The van der Waals surface area contributed by atoms with Gasteiger partial charge in [0.25, 0.3) is 11.8 Å². The molecule has 1 heterocycles. The summed E-state index contributed by atoms with van der Waals surface area (Å²) in [6.07, 6.45) is 2.01. The zero-order valence-corrected chi connectivity index (χ0v) is 15.5. The first-order valence-electron chi connectivity index (χ1n) is 8.79. The third kappa shape index (κ3) is 5.70. The summed E-state index contributed by atoms with van der Waals surface area (Å²) in [5, 5.41) is 6.10. The first-order valence-corrected chi connectivity index (χ1v) is 9.16. The van der Waals surface area contributed by atoms with Gasteiger partial charge in [-0.25, -0.2) is 0 Å². The van der Waals surface area contributed by atoms with Crippen molar-refractivity contribution < 1.29 is 19.1 Å². The SMILES string of the molecule is O=C(COc1cccc(Cl)c1)Nc1ccccc1C(=O)NC[C@@H]1CCCO1. The normalized spacial score (nSPS) is 16.0. The number of ether oxygens (including phenoxy) is 2. The Kier molecular flexibility index (Phi) is 6.68. The van der Waals surface area contributed by atoms with E-state index in [4.69, 9.17) is 21.1 Å². The Morgan fingerprint density at radius 1 is 1.19 bits per heavy atom. The van der Waals surface area contributed by atoms with Gasteiger partial charge in [-0.3, -0.25) is 9.59 Å². The van der Waals surface area contributed by atoms with Gasteiger partial charge in [-0.15, -0.1) is 0 Å². The Bertz CT molecular complexity index is 806. The van der Waals surface area contributed by atoms with Crippen LogP contribution in [-0.4, -0.2) is 37.7 Å². The summed E-state index contributed by atoms with van der Waals surface area (Å²) in [7, 11) is 0. The zero-order valence-electron chi connectivity index (χ0n) is 14.7. The Morgan fingerprint density at radius 2 is 2.04 bits per heavy atom. The minimum absolute atomic E-state index is 0.0572. The molecule has 6 nitrogen and oxygen atoms in total. The van der Waals surface area contributed by atoms with E-state index in [9.17, 15) is 9.59 Å². The molecule has 0 bridgehead atoms. The smallest absolute Gasteiger partial charge is 0.262 e. The lowest BCUT2D eigenvalue weighted by atomic mass is 10.1. The molecule has 2 N–H and O–H groups in total. The molecule has 7 heteroatoms. The van der Waals surface area contributed by atoms with E-state index in [1.807, 2.05) is 0 Å². The Labute approximate surface area is 162 Å². The molecule has 0 aromatic heterocycles. The fourth-order valence-corrected chi connectivity index (χ4v) is 2.97. The zero-order chi connectivity index (χ0) is 19.1. The number of hydrogen-bond acceptors (Lipinski definition) is 4. The van der Waals surface area contributed by atoms with E-state index in [1.165, 1.54) is 0 Å².